The maximum atomic E-state index is 11.7. The van der Waals surface area contributed by atoms with Crippen LogP contribution in [0.2, 0.25) is 0 Å². The minimum atomic E-state index is -1.60. The molecule has 0 bridgehead atoms. The second kappa shape index (κ2) is 7.34. The van der Waals surface area contributed by atoms with Gasteiger partial charge in [-0.2, -0.15) is 0 Å². The third-order valence-electron chi connectivity index (χ3n) is 2.07. The van der Waals surface area contributed by atoms with Crippen LogP contribution in [0.4, 0.5) is 0 Å². The van der Waals surface area contributed by atoms with Gasteiger partial charge in [0.15, 0.2) is 13.6 Å². The highest BCUT2D eigenvalue weighted by atomic mass is 16.7. The molecule has 7 heteroatoms. The van der Waals surface area contributed by atoms with Crippen molar-refractivity contribution in [3.05, 3.63) is 23.8 Å². The first kappa shape index (κ1) is 14.9. The molecular formula is C12H14O7. The Morgan fingerprint density at radius 3 is 1.89 bits per heavy atom. The lowest BCUT2D eigenvalue weighted by atomic mass is 10.1. The fourth-order valence-electron chi connectivity index (χ4n) is 1.33. The molecule has 0 spiro atoms. The van der Waals surface area contributed by atoms with Crippen molar-refractivity contribution in [2.24, 2.45) is 0 Å². The Hall–Kier alpha value is -2.12. The highest BCUT2D eigenvalue weighted by Gasteiger charge is 2.24. The molecule has 19 heavy (non-hydrogen) atoms. The van der Waals surface area contributed by atoms with Crippen molar-refractivity contribution in [1.29, 1.82) is 0 Å². The number of ketones is 1. The fraction of sp³-hybridized carbons (Fsp3) is 0.333. The van der Waals surface area contributed by atoms with Gasteiger partial charge >= 0.3 is 5.97 Å². The summed E-state index contributed by atoms with van der Waals surface area (Å²) in [6.07, 6.45) is 0. The molecule has 0 fully saturated rings. The van der Waals surface area contributed by atoms with Crippen LogP contribution in [-0.2, 0) is 14.3 Å². The average Bonchev–Trinajstić information content (AvgIpc) is 2.41. The minimum absolute atomic E-state index is 0.0721. The molecule has 0 aliphatic rings. The summed E-state index contributed by atoms with van der Waals surface area (Å²) >= 11 is 0. The molecule has 0 saturated heterocycles. The highest BCUT2D eigenvalue weighted by Crippen LogP contribution is 2.29. The van der Waals surface area contributed by atoms with Gasteiger partial charge in [-0.3, -0.25) is 4.79 Å². The first-order valence-corrected chi connectivity index (χ1v) is 5.26. The van der Waals surface area contributed by atoms with E-state index in [1.165, 1.54) is 26.4 Å². The van der Waals surface area contributed by atoms with Gasteiger partial charge < -0.3 is 24.1 Å². The van der Waals surface area contributed by atoms with E-state index in [4.69, 9.17) is 24.1 Å². The molecule has 1 rings (SSSR count). The molecule has 0 atom stereocenters. The van der Waals surface area contributed by atoms with E-state index >= 15 is 0 Å². The first-order valence-electron chi connectivity index (χ1n) is 5.26. The predicted molar refractivity (Wildman–Crippen MR) is 63.4 cm³/mol. The van der Waals surface area contributed by atoms with Crippen LogP contribution in [0.15, 0.2) is 18.2 Å². The van der Waals surface area contributed by atoms with Gasteiger partial charge in [0, 0.05) is 14.2 Å². The number of Topliss-reactive ketones (excluding diaryl/α,β-unsaturated/α-hetero) is 1. The summed E-state index contributed by atoms with van der Waals surface area (Å²) < 4.78 is 19.7. The SMILES string of the molecule is COCOc1cccc(OCOC)c1C(=O)C(=O)O. The second-order valence-electron chi connectivity index (χ2n) is 3.37. The molecule has 0 heterocycles. The number of hydrogen-bond donors (Lipinski definition) is 1. The molecule has 0 aliphatic carbocycles. The van der Waals surface area contributed by atoms with Gasteiger partial charge in [-0.25, -0.2) is 4.79 Å². The Bertz CT molecular complexity index is 429. The van der Waals surface area contributed by atoms with E-state index in [0.717, 1.165) is 0 Å². The van der Waals surface area contributed by atoms with E-state index in [1.54, 1.807) is 6.07 Å². The number of hydrogen-bond acceptors (Lipinski definition) is 6. The molecule has 0 aromatic heterocycles. The number of carboxylic acid groups (broad SMARTS) is 1. The lowest BCUT2D eigenvalue weighted by Gasteiger charge is -2.13. The highest BCUT2D eigenvalue weighted by molar-refractivity contribution is 6.41. The molecule has 0 unspecified atom stereocenters. The Balaban J connectivity index is 3.15. The summed E-state index contributed by atoms with van der Waals surface area (Å²) in [7, 11) is 2.81. The number of carboxylic acids is 1. The molecule has 0 radical (unpaired) electrons. The minimum Gasteiger partial charge on any atom is -0.475 e. The van der Waals surface area contributed by atoms with Crippen molar-refractivity contribution in [1.82, 2.24) is 0 Å². The van der Waals surface area contributed by atoms with Crippen LogP contribution in [0, 0.1) is 0 Å². The van der Waals surface area contributed by atoms with E-state index in [2.05, 4.69) is 0 Å². The molecule has 104 valence electrons. The third-order valence-corrected chi connectivity index (χ3v) is 2.07. The Morgan fingerprint density at radius 2 is 1.53 bits per heavy atom. The number of rotatable bonds is 8. The smallest absolute Gasteiger partial charge is 0.377 e. The summed E-state index contributed by atoms with van der Waals surface area (Å²) in [5.41, 5.74) is -0.177. The molecule has 1 N–H and O–H groups in total. The number of carbonyl (C=O) groups excluding carboxylic acids is 1. The number of ether oxygens (including phenoxy) is 4. The van der Waals surface area contributed by atoms with Gasteiger partial charge in [-0.1, -0.05) is 6.07 Å². The van der Waals surface area contributed by atoms with E-state index in [-0.39, 0.29) is 30.6 Å². The third kappa shape index (κ3) is 3.94. The van der Waals surface area contributed by atoms with Crippen LogP contribution in [0.3, 0.4) is 0 Å². The van der Waals surface area contributed by atoms with Gasteiger partial charge in [-0.15, -0.1) is 0 Å². The largest absolute Gasteiger partial charge is 0.475 e. The van der Waals surface area contributed by atoms with E-state index < -0.39 is 11.8 Å². The van der Waals surface area contributed by atoms with Crippen molar-refractivity contribution in [2.75, 3.05) is 27.8 Å². The van der Waals surface area contributed by atoms with Gasteiger partial charge in [0.25, 0.3) is 5.78 Å². The van der Waals surface area contributed by atoms with Crippen molar-refractivity contribution in [3.63, 3.8) is 0 Å². The number of benzene rings is 1. The number of carbonyl (C=O) groups is 2. The van der Waals surface area contributed by atoms with Crippen molar-refractivity contribution >= 4 is 11.8 Å². The van der Waals surface area contributed by atoms with Gasteiger partial charge in [0.1, 0.15) is 17.1 Å². The van der Waals surface area contributed by atoms with Crippen LogP contribution in [-0.4, -0.2) is 44.7 Å². The van der Waals surface area contributed by atoms with Crippen LogP contribution < -0.4 is 9.47 Å². The normalized spacial score (nSPS) is 10.0. The number of methoxy groups -OCH3 is 2. The Kier molecular flexibility index (Phi) is 5.77. The predicted octanol–water partition coefficient (Wildman–Crippen LogP) is 0.919. The van der Waals surface area contributed by atoms with E-state index in [0.29, 0.717) is 0 Å². The summed E-state index contributed by atoms with van der Waals surface area (Å²) in [4.78, 5) is 22.5. The molecular weight excluding hydrogens is 256 g/mol. The van der Waals surface area contributed by atoms with Crippen molar-refractivity contribution in [2.45, 2.75) is 0 Å². The summed E-state index contributed by atoms with van der Waals surface area (Å²) in [6.45, 7) is -0.235. The second-order valence-corrected chi connectivity index (χ2v) is 3.37. The van der Waals surface area contributed by atoms with Crippen LogP contribution in [0.25, 0.3) is 0 Å². The molecule has 0 saturated carbocycles. The zero-order valence-corrected chi connectivity index (χ0v) is 10.5. The molecule has 0 aliphatic heterocycles. The molecule has 1 aromatic carbocycles. The number of aliphatic carboxylic acids is 1. The van der Waals surface area contributed by atoms with Gasteiger partial charge in [0.05, 0.1) is 0 Å². The Morgan fingerprint density at radius 1 is 1.05 bits per heavy atom. The first-order chi connectivity index (χ1) is 9.11. The molecule has 7 nitrogen and oxygen atoms in total. The Labute approximate surface area is 109 Å². The zero-order valence-electron chi connectivity index (χ0n) is 10.5. The quantitative estimate of drug-likeness (QED) is 0.426. The van der Waals surface area contributed by atoms with Crippen LogP contribution in [0.1, 0.15) is 10.4 Å². The van der Waals surface area contributed by atoms with E-state index in [9.17, 15) is 9.59 Å². The molecule has 0 amide bonds. The molecule has 1 aromatic rings. The maximum absolute atomic E-state index is 11.7. The monoisotopic (exact) mass is 270 g/mol. The van der Waals surface area contributed by atoms with Crippen LogP contribution >= 0.6 is 0 Å². The summed E-state index contributed by atoms with van der Waals surface area (Å²) in [6, 6.07) is 4.47. The summed E-state index contributed by atoms with van der Waals surface area (Å²) in [5, 5.41) is 8.81. The van der Waals surface area contributed by atoms with Gasteiger partial charge in [-0.05, 0) is 12.1 Å². The maximum Gasteiger partial charge on any atom is 0.377 e. The topological polar surface area (TPSA) is 91.3 Å². The average molecular weight is 270 g/mol. The van der Waals surface area contributed by atoms with Crippen LogP contribution in [0.5, 0.6) is 11.5 Å². The van der Waals surface area contributed by atoms with Gasteiger partial charge in [0.2, 0.25) is 0 Å². The van der Waals surface area contributed by atoms with E-state index in [1.807, 2.05) is 0 Å². The van der Waals surface area contributed by atoms with Crippen molar-refractivity contribution < 1.29 is 33.6 Å². The standard InChI is InChI=1S/C12H14O7/c1-16-6-18-8-4-3-5-9(19-7-17-2)10(8)11(13)12(14)15/h3-5H,6-7H2,1-2H3,(H,14,15). The zero-order chi connectivity index (χ0) is 14.3. The lowest BCUT2D eigenvalue weighted by molar-refractivity contribution is -0.131. The van der Waals surface area contributed by atoms with Crippen molar-refractivity contribution in [3.8, 4) is 11.5 Å². The summed E-state index contributed by atoms with van der Waals surface area (Å²) in [5.74, 6) is -2.58. The lowest BCUT2D eigenvalue weighted by Crippen LogP contribution is -2.17. The fourth-order valence-corrected chi connectivity index (χ4v) is 1.33.